The number of benzene rings is 2. The van der Waals surface area contributed by atoms with E-state index in [1.165, 1.54) is 17.1 Å². The largest absolute Gasteiger partial charge is 0.491 e. The Bertz CT molecular complexity index is 984. The molecule has 3 rings (SSSR count). The van der Waals surface area contributed by atoms with Gasteiger partial charge in [-0.05, 0) is 42.9 Å². The summed E-state index contributed by atoms with van der Waals surface area (Å²) >= 11 is 0. The van der Waals surface area contributed by atoms with Crippen molar-refractivity contribution in [3.63, 3.8) is 0 Å². The van der Waals surface area contributed by atoms with Crippen LogP contribution in [0.4, 0.5) is 4.39 Å². The number of fused-ring (bicyclic) bond motifs is 1. The highest BCUT2D eigenvalue weighted by atomic mass is 19.1. The number of hydrazine groups is 1. The molecule has 0 aromatic heterocycles. The molecular weight excluding hydrogens is 410 g/mol. The van der Waals surface area contributed by atoms with Crippen molar-refractivity contribution in [1.29, 1.82) is 0 Å². The Balaban J connectivity index is 0.00000176. The van der Waals surface area contributed by atoms with Crippen LogP contribution in [0, 0.1) is 25.1 Å². The van der Waals surface area contributed by atoms with Gasteiger partial charge in [-0.15, -0.1) is 0 Å². The van der Waals surface area contributed by atoms with E-state index in [4.69, 9.17) is 4.65 Å². The molecule has 172 valence electrons. The van der Waals surface area contributed by atoms with Crippen LogP contribution in [-0.2, 0) is 11.3 Å². The molecule has 0 aliphatic carbocycles. The zero-order valence-electron chi connectivity index (χ0n) is 19.9. The van der Waals surface area contributed by atoms with Crippen LogP contribution in [0.5, 0.6) is 0 Å². The van der Waals surface area contributed by atoms with Gasteiger partial charge in [-0.25, -0.2) is 9.40 Å². The molecule has 32 heavy (non-hydrogen) atoms. The SMILES string of the molecule is CC.Cc1cc(C)cc(C(=O)N(CC(C)(C)C)NC(=O)c2ccc3c(c2F)COB3O)c1. The highest BCUT2D eigenvalue weighted by Gasteiger charge is 2.32. The number of carbonyl (C=O) groups excluding carboxylic acids is 2. The first-order valence-electron chi connectivity index (χ1n) is 10.8. The van der Waals surface area contributed by atoms with E-state index in [0.717, 1.165) is 11.1 Å². The second-order valence-electron chi connectivity index (χ2n) is 8.93. The molecule has 2 N–H and O–H groups in total. The molecule has 2 aromatic carbocycles. The third-order valence-corrected chi connectivity index (χ3v) is 4.76. The predicted molar refractivity (Wildman–Crippen MR) is 124 cm³/mol. The molecule has 0 atom stereocenters. The van der Waals surface area contributed by atoms with Crippen LogP contribution in [0.3, 0.4) is 0 Å². The first-order valence-corrected chi connectivity index (χ1v) is 10.8. The van der Waals surface area contributed by atoms with E-state index in [2.05, 4.69) is 5.43 Å². The molecule has 1 heterocycles. The number of nitrogens with one attached hydrogen (secondary N) is 1. The monoisotopic (exact) mass is 442 g/mol. The topological polar surface area (TPSA) is 78.9 Å². The Kier molecular flexibility index (Phi) is 8.21. The van der Waals surface area contributed by atoms with E-state index < -0.39 is 18.8 Å². The zero-order valence-corrected chi connectivity index (χ0v) is 19.9. The van der Waals surface area contributed by atoms with Crippen molar-refractivity contribution in [2.24, 2.45) is 5.41 Å². The maximum absolute atomic E-state index is 14.9. The number of aryl methyl sites for hydroxylation is 2. The van der Waals surface area contributed by atoms with Gasteiger partial charge in [0.25, 0.3) is 11.8 Å². The van der Waals surface area contributed by atoms with Gasteiger partial charge in [0.1, 0.15) is 5.82 Å². The summed E-state index contributed by atoms with van der Waals surface area (Å²) in [5.74, 6) is -1.86. The summed E-state index contributed by atoms with van der Waals surface area (Å²) in [6.45, 7) is 13.7. The molecule has 0 saturated carbocycles. The lowest BCUT2D eigenvalue weighted by Crippen LogP contribution is -2.50. The van der Waals surface area contributed by atoms with Crippen molar-refractivity contribution in [3.05, 3.63) is 64.0 Å². The third kappa shape index (κ3) is 5.96. The summed E-state index contributed by atoms with van der Waals surface area (Å²) in [6.07, 6.45) is 0. The van der Waals surface area contributed by atoms with Crippen LogP contribution in [0.25, 0.3) is 0 Å². The van der Waals surface area contributed by atoms with E-state index >= 15 is 0 Å². The number of halogens is 1. The van der Waals surface area contributed by atoms with Crippen molar-refractivity contribution in [2.45, 2.75) is 55.1 Å². The van der Waals surface area contributed by atoms with Gasteiger partial charge in [-0.1, -0.05) is 57.9 Å². The maximum Gasteiger partial charge on any atom is 0.491 e. The van der Waals surface area contributed by atoms with Gasteiger partial charge in [-0.3, -0.25) is 15.0 Å². The van der Waals surface area contributed by atoms with Crippen LogP contribution >= 0.6 is 0 Å². The average molecular weight is 442 g/mol. The van der Waals surface area contributed by atoms with E-state index in [0.29, 0.717) is 11.0 Å². The molecule has 0 spiro atoms. The smallest absolute Gasteiger partial charge is 0.423 e. The van der Waals surface area contributed by atoms with Crippen molar-refractivity contribution in [3.8, 4) is 0 Å². The van der Waals surface area contributed by atoms with Gasteiger partial charge in [-0.2, -0.15) is 0 Å². The van der Waals surface area contributed by atoms with Crippen LogP contribution in [0.2, 0.25) is 0 Å². The molecule has 1 aliphatic rings. The number of hydrogen-bond donors (Lipinski definition) is 2. The highest BCUT2D eigenvalue weighted by molar-refractivity contribution is 6.61. The summed E-state index contributed by atoms with van der Waals surface area (Å²) in [7, 11) is -1.20. The number of carbonyl (C=O) groups is 2. The van der Waals surface area contributed by atoms with Gasteiger partial charge in [0, 0.05) is 17.7 Å². The van der Waals surface area contributed by atoms with Crippen molar-refractivity contribution in [1.82, 2.24) is 10.4 Å². The number of amides is 2. The van der Waals surface area contributed by atoms with Gasteiger partial charge >= 0.3 is 7.12 Å². The Labute approximate surface area is 189 Å². The minimum absolute atomic E-state index is 0.114. The zero-order chi connectivity index (χ0) is 24.2. The standard InChI is InChI=1S/C22H26BFN2O4.C2H6/c1-13-8-14(2)10-15(9-13)21(28)26(12-22(3,4)5)25-20(27)16-6-7-18-17(19(16)24)11-30-23(18)29;1-2/h6-10,29H,11-12H2,1-5H3,(H,25,27);1-2H3. The molecule has 6 nitrogen and oxygen atoms in total. The summed E-state index contributed by atoms with van der Waals surface area (Å²) in [5, 5.41) is 10.9. The van der Waals surface area contributed by atoms with Crippen LogP contribution < -0.4 is 10.9 Å². The second-order valence-corrected chi connectivity index (χ2v) is 8.93. The van der Waals surface area contributed by atoms with Gasteiger partial charge in [0.15, 0.2) is 0 Å². The molecular formula is C24H32BFN2O4. The third-order valence-electron chi connectivity index (χ3n) is 4.76. The van der Waals surface area contributed by atoms with Crippen molar-refractivity contribution in [2.75, 3.05) is 6.54 Å². The fourth-order valence-corrected chi connectivity index (χ4v) is 3.51. The van der Waals surface area contributed by atoms with Gasteiger partial charge < -0.3 is 9.68 Å². The molecule has 0 bridgehead atoms. The number of hydrogen-bond acceptors (Lipinski definition) is 4. The molecule has 0 saturated heterocycles. The normalized spacial score (nSPS) is 12.6. The Morgan fingerprint density at radius 1 is 1.16 bits per heavy atom. The molecule has 8 heteroatoms. The number of rotatable bonds is 3. The minimum Gasteiger partial charge on any atom is -0.423 e. The highest BCUT2D eigenvalue weighted by Crippen LogP contribution is 2.20. The van der Waals surface area contributed by atoms with Crippen LogP contribution in [0.15, 0.2) is 30.3 Å². The first kappa shape index (κ1) is 25.6. The molecule has 1 aliphatic heterocycles. The quantitative estimate of drug-likeness (QED) is 0.563. The Morgan fingerprint density at radius 3 is 2.31 bits per heavy atom. The molecule has 0 radical (unpaired) electrons. The second kappa shape index (κ2) is 10.3. The molecule has 2 aromatic rings. The van der Waals surface area contributed by atoms with Gasteiger partial charge in [0.2, 0.25) is 0 Å². The van der Waals surface area contributed by atoms with E-state index in [1.807, 2.05) is 54.5 Å². The number of nitrogens with zero attached hydrogens (tertiary/aromatic N) is 1. The molecule has 0 unspecified atom stereocenters. The van der Waals surface area contributed by atoms with Crippen molar-refractivity contribution < 1.29 is 23.7 Å². The van der Waals surface area contributed by atoms with Crippen molar-refractivity contribution >= 4 is 24.4 Å². The van der Waals surface area contributed by atoms with Crippen LogP contribution in [-0.4, -0.2) is 35.5 Å². The molecule has 0 fully saturated rings. The lowest BCUT2D eigenvalue weighted by Gasteiger charge is -2.30. The van der Waals surface area contributed by atoms with E-state index in [1.54, 1.807) is 12.1 Å². The minimum atomic E-state index is -1.20. The van der Waals surface area contributed by atoms with E-state index in [-0.39, 0.29) is 35.6 Å². The first-order chi connectivity index (χ1) is 15.0. The fourth-order valence-electron chi connectivity index (χ4n) is 3.51. The Hall–Kier alpha value is -2.71. The molecule has 2 amide bonds. The summed E-state index contributed by atoms with van der Waals surface area (Å²) < 4.78 is 19.9. The fraction of sp³-hybridized carbons (Fsp3) is 0.417. The average Bonchev–Trinajstić information content (AvgIpc) is 3.08. The predicted octanol–water partition coefficient (Wildman–Crippen LogP) is 3.52. The van der Waals surface area contributed by atoms with Gasteiger partial charge in [0.05, 0.1) is 12.2 Å². The summed E-state index contributed by atoms with van der Waals surface area (Å²) in [4.78, 5) is 26.0. The summed E-state index contributed by atoms with van der Waals surface area (Å²) in [5.41, 5.74) is 4.83. The Morgan fingerprint density at radius 2 is 1.75 bits per heavy atom. The lowest BCUT2D eigenvalue weighted by atomic mass is 9.79. The summed E-state index contributed by atoms with van der Waals surface area (Å²) in [6, 6.07) is 8.22. The maximum atomic E-state index is 14.9. The lowest BCUT2D eigenvalue weighted by molar-refractivity contribution is 0.0507. The van der Waals surface area contributed by atoms with Crippen LogP contribution in [0.1, 0.15) is 72.0 Å². The van der Waals surface area contributed by atoms with E-state index in [9.17, 15) is 19.0 Å².